The van der Waals surface area contributed by atoms with Gasteiger partial charge in [0.2, 0.25) is 0 Å². The highest BCUT2D eigenvalue weighted by atomic mass is 19.1. The Labute approximate surface area is 101 Å². The third-order valence-corrected chi connectivity index (χ3v) is 2.77. The van der Waals surface area contributed by atoms with Gasteiger partial charge < -0.3 is 14.8 Å². The number of benzene rings is 1. The molecular formula is C13H18FNO2. The maximum absolute atomic E-state index is 13.5. The summed E-state index contributed by atoms with van der Waals surface area (Å²) in [6, 6.07) is 5.16. The molecule has 0 saturated carbocycles. The summed E-state index contributed by atoms with van der Waals surface area (Å²) >= 11 is 0. The van der Waals surface area contributed by atoms with Crippen molar-refractivity contribution in [2.45, 2.75) is 26.2 Å². The smallest absolute Gasteiger partial charge is 0.128 e. The van der Waals surface area contributed by atoms with Gasteiger partial charge in [-0.1, -0.05) is 13.0 Å². The highest BCUT2D eigenvalue weighted by Crippen LogP contribution is 2.15. The van der Waals surface area contributed by atoms with Crippen molar-refractivity contribution in [2.24, 2.45) is 0 Å². The first-order chi connectivity index (χ1) is 8.29. The van der Waals surface area contributed by atoms with Gasteiger partial charge in [0.05, 0.1) is 19.8 Å². The third kappa shape index (κ3) is 3.49. The van der Waals surface area contributed by atoms with E-state index in [9.17, 15) is 4.39 Å². The molecule has 0 atom stereocenters. The van der Waals surface area contributed by atoms with Crippen molar-refractivity contribution in [3.63, 3.8) is 0 Å². The second kappa shape index (κ2) is 6.10. The van der Waals surface area contributed by atoms with Gasteiger partial charge in [0.15, 0.2) is 0 Å². The molecule has 0 aliphatic carbocycles. The molecule has 1 aromatic carbocycles. The van der Waals surface area contributed by atoms with Crippen LogP contribution >= 0.6 is 0 Å². The van der Waals surface area contributed by atoms with Crippen molar-refractivity contribution < 1.29 is 13.9 Å². The molecule has 1 aliphatic heterocycles. The fourth-order valence-corrected chi connectivity index (χ4v) is 1.64. The summed E-state index contributed by atoms with van der Waals surface area (Å²) in [5.74, 6) is -0.203. The van der Waals surface area contributed by atoms with Gasteiger partial charge in [0.1, 0.15) is 11.9 Å². The molecule has 17 heavy (non-hydrogen) atoms. The molecule has 0 bridgehead atoms. The normalized spacial score (nSPS) is 15.9. The lowest BCUT2D eigenvalue weighted by Gasteiger charge is -2.26. The van der Waals surface area contributed by atoms with Crippen LogP contribution in [0.1, 0.15) is 18.1 Å². The van der Waals surface area contributed by atoms with Gasteiger partial charge in [0, 0.05) is 12.1 Å². The molecule has 1 heterocycles. The van der Waals surface area contributed by atoms with Crippen molar-refractivity contribution in [1.29, 1.82) is 0 Å². The molecule has 0 amide bonds. The van der Waals surface area contributed by atoms with E-state index in [4.69, 9.17) is 9.47 Å². The number of hydrogen-bond donors (Lipinski definition) is 1. The predicted octanol–water partition coefficient (Wildman–Crippen LogP) is 1.85. The third-order valence-electron chi connectivity index (χ3n) is 2.77. The highest BCUT2D eigenvalue weighted by Gasteiger charge is 2.19. The molecule has 3 nitrogen and oxygen atoms in total. The highest BCUT2D eigenvalue weighted by molar-refractivity contribution is 5.24. The lowest BCUT2D eigenvalue weighted by atomic mass is 10.1. The van der Waals surface area contributed by atoms with E-state index >= 15 is 0 Å². The average Bonchev–Trinajstić information content (AvgIpc) is 2.27. The summed E-state index contributed by atoms with van der Waals surface area (Å²) in [5.41, 5.74) is 1.70. The van der Waals surface area contributed by atoms with Crippen LogP contribution in [0.3, 0.4) is 0 Å². The molecule has 2 rings (SSSR count). The lowest BCUT2D eigenvalue weighted by molar-refractivity contribution is -0.135. The van der Waals surface area contributed by atoms with Crippen molar-refractivity contribution in [2.75, 3.05) is 19.8 Å². The van der Waals surface area contributed by atoms with Crippen molar-refractivity contribution in [1.82, 2.24) is 5.32 Å². The number of ether oxygens (including phenoxy) is 2. The van der Waals surface area contributed by atoms with Crippen LogP contribution in [0.4, 0.5) is 4.39 Å². The van der Waals surface area contributed by atoms with E-state index in [1.807, 2.05) is 13.0 Å². The van der Waals surface area contributed by atoms with Gasteiger partial charge in [0.25, 0.3) is 0 Å². The number of nitrogens with one attached hydrogen (secondary N) is 1. The average molecular weight is 239 g/mol. The van der Waals surface area contributed by atoms with E-state index in [0.29, 0.717) is 25.4 Å². The largest absolute Gasteiger partial charge is 0.376 e. The zero-order valence-corrected chi connectivity index (χ0v) is 10.0. The molecule has 94 valence electrons. The fraction of sp³-hybridized carbons (Fsp3) is 0.538. The van der Waals surface area contributed by atoms with Crippen LogP contribution in [0.5, 0.6) is 0 Å². The molecule has 1 saturated heterocycles. The molecule has 1 fully saturated rings. The monoisotopic (exact) mass is 239 g/mol. The summed E-state index contributed by atoms with van der Waals surface area (Å²) in [4.78, 5) is 0. The Balaban J connectivity index is 1.93. The quantitative estimate of drug-likeness (QED) is 0.821. The van der Waals surface area contributed by atoms with E-state index in [-0.39, 0.29) is 11.9 Å². The van der Waals surface area contributed by atoms with Crippen LogP contribution < -0.4 is 5.32 Å². The lowest BCUT2D eigenvalue weighted by Crippen LogP contribution is -2.35. The van der Waals surface area contributed by atoms with E-state index in [0.717, 1.165) is 18.7 Å². The molecular weight excluding hydrogens is 221 g/mol. The first kappa shape index (κ1) is 12.5. The maximum Gasteiger partial charge on any atom is 0.128 e. The Bertz CT molecular complexity index is 366. The molecule has 0 spiro atoms. The van der Waals surface area contributed by atoms with Crippen LogP contribution in [-0.4, -0.2) is 25.9 Å². The Morgan fingerprint density at radius 1 is 1.47 bits per heavy atom. The standard InChI is InChI=1S/C13H18FNO2/c1-2-15-6-10-3-4-13(14)11(5-10)7-17-12-8-16-9-12/h3-5,12,15H,2,6-9H2,1H3. The summed E-state index contributed by atoms with van der Waals surface area (Å²) in [6.45, 7) is 5.28. The van der Waals surface area contributed by atoms with E-state index in [2.05, 4.69) is 5.32 Å². The Kier molecular flexibility index (Phi) is 4.48. The minimum atomic E-state index is -0.203. The maximum atomic E-state index is 13.5. The molecule has 0 radical (unpaired) electrons. The molecule has 0 unspecified atom stereocenters. The molecule has 1 aliphatic rings. The second-order valence-corrected chi connectivity index (χ2v) is 4.18. The number of halogens is 1. The van der Waals surface area contributed by atoms with Gasteiger partial charge in [-0.05, 0) is 24.2 Å². The Morgan fingerprint density at radius 3 is 2.94 bits per heavy atom. The predicted molar refractivity (Wildman–Crippen MR) is 63.2 cm³/mol. The SMILES string of the molecule is CCNCc1ccc(F)c(COC2COC2)c1. The van der Waals surface area contributed by atoms with Crippen LogP contribution in [0, 0.1) is 5.82 Å². The minimum absolute atomic E-state index is 0.131. The summed E-state index contributed by atoms with van der Waals surface area (Å²) in [7, 11) is 0. The minimum Gasteiger partial charge on any atom is -0.376 e. The summed E-state index contributed by atoms with van der Waals surface area (Å²) in [5, 5.41) is 3.22. The van der Waals surface area contributed by atoms with Gasteiger partial charge in [-0.2, -0.15) is 0 Å². The first-order valence-electron chi connectivity index (χ1n) is 5.97. The van der Waals surface area contributed by atoms with Crippen molar-refractivity contribution >= 4 is 0 Å². The van der Waals surface area contributed by atoms with E-state index in [1.54, 1.807) is 6.07 Å². The fourth-order valence-electron chi connectivity index (χ4n) is 1.64. The van der Waals surface area contributed by atoms with Crippen LogP contribution in [0.2, 0.25) is 0 Å². The van der Waals surface area contributed by atoms with Crippen molar-refractivity contribution in [3.05, 3.63) is 35.1 Å². The Morgan fingerprint density at radius 2 is 2.29 bits per heavy atom. The number of rotatable bonds is 6. The van der Waals surface area contributed by atoms with Crippen LogP contribution in [0.25, 0.3) is 0 Å². The van der Waals surface area contributed by atoms with Crippen molar-refractivity contribution in [3.8, 4) is 0 Å². The van der Waals surface area contributed by atoms with Crippen LogP contribution in [0.15, 0.2) is 18.2 Å². The van der Waals surface area contributed by atoms with Gasteiger partial charge in [-0.3, -0.25) is 0 Å². The van der Waals surface area contributed by atoms with Gasteiger partial charge in [-0.25, -0.2) is 4.39 Å². The number of hydrogen-bond acceptors (Lipinski definition) is 3. The summed E-state index contributed by atoms with van der Waals surface area (Å²) < 4.78 is 24.1. The van der Waals surface area contributed by atoms with E-state index in [1.165, 1.54) is 6.07 Å². The molecule has 1 N–H and O–H groups in total. The molecule has 0 aromatic heterocycles. The van der Waals surface area contributed by atoms with Gasteiger partial charge >= 0.3 is 0 Å². The summed E-state index contributed by atoms with van der Waals surface area (Å²) in [6.07, 6.45) is 0.131. The Hall–Kier alpha value is -0.970. The molecule has 4 heteroatoms. The zero-order valence-electron chi connectivity index (χ0n) is 10.0. The topological polar surface area (TPSA) is 30.5 Å². The first-order valence-corrected chi connectivity index (χ1v) is 5.97. The zero-order chi connectivity index (χ0) is 12.1. The molecule has 1 aromatic rings. The second-order valence-electron chi connectivity index (χ2n) is 4.18. The van der Waals surface area contributed by atoms with Gasteiger partial charge in [-0.15, -0.1) is 0 Å². The van der Waals surface area contributed by atoms with E-state index < -0.39 is 0 Å². The van der Waals surface area contributed by atoms with Crippen LogP contribution in [-0.2, 0) is 22.6 Å².